The number of unbranched alkanes of at least 4 members (excludes halogenated alkanes) is 2. The first-order valence-electron chi connectivity index (χ1n) is 8.81. The van der Waals surface area contributed by atoms with Gasteiger partial charge in [0, 0.05) is 24.4 Å². The third kappa shape index (κ3) is 7.67. The van der Waals surface area contributed by atoms with Crippen LogP contribution in [0.5, 0.6) is 0 Å². The summed E-state index contributed by atoms with van der Waals surface area (Å²) in [4.78, 5) is 0. The van der Waals surface area contributed by atoms with Gasteiger partial charge >= 0.3 is 6.18 Å². The fourth-order valence-corrected chi connectivity index (χ4v) is 2.58. The molecule has 0 amide bonds. The molecule has 1 aromatic carbocycles. The summed E-state index contributed by atoms with van der Waals surface area (Å²) in [6, 6.07) is 5.37. The molecule has 0 heterocycles. The van der Waals surface area contributed by atoms with E-state index in [1.807, 2.05) is 6.92 Å². The molecule has 1 rings (SSSR count). The van der Waals surface area contributed by atoms with Gasteiger partial charge in [0.25, 0.3) is 0 Å². The Hall–Kier alpha value is -1.91. The van der Waals surface area contributed by atoms with Gasteiger partial charge in [0.05, 0.1) is 11.6 Å². The number of alkyl halides is 3. The second-order valence-corrected chi connectivity index (χ2v) is 6.24. The van der Waals surface area contributed by atoms with Crippen molar-refractivity contribution in [1.82, 2.24) is 10.6 Å². The smallest absolute Gasteiger partial charge is 0.387 e. The second kappa shape index (κ2) is 10.2. The fraction of sp³-hybridized carbons (Fsp3) is 0.500. The van der Waals surface area contributed by atoms with Crippen LogP contribution < -0.4 is 10.6 Å². The van der Waals surface area contributed by atoms with Gasteiger partial charge in [-0.25, -0.2) is 0 Å². The average molecular weight is 354 g/mol. The van der Waals surface area contributed by atoms with Crippen molar-refractivity contribution in [1.29, 1.82) is 0 Å². The number of halogens is 3. The molecule has 1 unspecified atom stereocenters. The highest BCUT2D eigenvalue weighted by Crippen LogP contribution is 2.29. The van der Waals surface area contributed by atoms with Gasteiger partial charge in [-0.2, -0.15) is 13.2 Å². The lowest BCUT2D eigenvalue weighted by atomic mass is 10.1. The van der Waals surface area contributed by atoms with E-state index in [1.54, 1.807) is 6.07 Å². The Balaban J connectivity index is 2.57. The summed E-state index contributed by atoms with van der Waals surface area (Å²) < 4.78 is 38.4. The number of benzene rings is 1. The number of hydrogen-bond donors (Lipinski definition) is 2. The fourth-order valence-electron chi connectivity index (χ4n) is 2.58. The van der Waals surface area contributed by atoms with Crippen molar-refractivity contribution in [3.8, 4) is 0 Å². The normalized spacial score (nSPS) is 12.5. The number of rotatable bonds is 11. The lowest BCUT2D eigenvalue weighted by Crippen LogP contribution is -2.35. The van der Waals surface area contributed by atoms with Crippen molar-refractivity contribution in [2.45, 2.75) is 58.2 Å². The first-order chi connectivity index (χ1) is 11.8. The Bertz CT molecular complexity index is 564. The Morgan fingerprint density at radius 3 is 2.48 bits per heavy atom. The largest absolute Gasteiger partial charge is 0.416 e. The highest BCUT2D eigenvalue weighted by Gasteiger charge is 2.30. The van der Waals surface area contributed by atoms with Crippen LogP contribution in [-0.4, -0.2) is 12.6 Å². The molecule has 0 aliphatic carbocycles. The molecular formula is C20H29F3N2. The average Bonchev–Trinajstić information content (AvgIpc) is 2.56. The molecule has 2 N–H and O–H groups in total. The van der Waals surface area contributed by atoms with E-state index in [0.717, 1.165) is 37.6 Å². The molecule has 0 aliphatic rings. The minimum absolute atomic E-state index is 0.0138. The van der Waals surface area contributed by atoms with Gasteiger partial charge in [-0.15, -0.1) is 0 Å². The molecule has 1 aromatic rings. The quantitative estimate of drug-likeness (QED) is 0.518. The van der Waals surface area contributed by atoms with Crippen LogP contribution in [0.2, 0.25) is 0 Å². The van der Waals surface area contributed by atoms with E-state index in [2.05, 4.69) is 30.7 Å². The number of hydrogen-bond acceptors (Lipinski definition) is 2. The van der Waals surface area contributed by atoms with E-state index in [4.69, 9.17) is 0 Å². The number of allylic oxidation sites excluding steroid dienone is 1. The zero-order valence-corrected chi connectivity index (χ0v) is 15.2. The third-order valence-electron chi connectivity index (χ3n) is 4.01. The molecule has 2 nitrogen and oxygen atoms in total. The summed E-state index contributed by atoms with van der Waals surface area (Å²) in [6.45, 7) is 13.1. The Labute approximate surface area is 149 Å². The van der Waals surface area contributed by atoms with Gasteiger partial charge in [0.2, 0.25) is 0 Å². The van der Waals surface area contributed by atoms with Gasteiger partial charge < -0.3 is 10.6 Å². The summed E-state index contributed by atoms with van der Waals surface area (Å²) in [6.07, 6.45) is 0.277. The molecule has 0 fully saturated rings. The van der Waals surface area contributed by atoms with Crippen molar-refractivity contribution in [3.05, 3.63) is 59.9 Å². The summed E-state index contributed by atoms with van der Waals surface area (Å²) in [5.41, 5.74) is 1.53. The van der Waals surface area contributed by atoms with Gasteiger partial charge in [-0.3, -0.25) is 0 Å². The van der Waals surface area contributed by atoms with E-state index in [0.29, 0.717) is 17.7 Å². The molecule has 0 bridgehead atoms. The van der Waals surface area contributed by atoms with E-state index in [9.17, 15) is 13.2 Å². The summed E-state index contributed by atoms with van der Waals surface area (Å²) in [5, 5.41) is 6.60. The van der Waals surface area contributed by atoms with Gasteiger partial charge in [0.15, 0.2) is 0 Å². The van der Waals surface area contributed by atoms with Crippen LogP contribution in [0, 0.1) is 0 Å². The van der Waals surface area contributed by atoms with Crippen molar-refractivity contribution < 1.29 is 13.2 Å². The first kappa shape index (κ1) is 21.1. The van der Waals surface area contributed by atoms with Crippen molar-refractivity contribution in [2.75, 3.05) is 6.54 Å². The first-order valence-corrected chi connectivity index (χ1v) is 8.81. The predicted octanol–water partition coefficient (Wildman–Crippen LogP) is 5.42. The van der Waals surface area contributed by atoms with E-state index in [-0.39, 0.29) is 6.04 Å². The molecule has 0 spiro atoms. The zero-order chi connectivity index (χ0) is 18.9. The van der Waals surface area contributed by atoms with Crippen LogP contribution in [0.15, 0.2) is 48.8 Å². The van der Waals surface area contributed by atoms with E-state index < -0.39 is 11.7 Å². The monoisotopic (exact) mass is 354 g/mol. The highest BCUT2D eigenvalue weighted by atomic mass is 19.4. The Morgan fingerprint density at radius 2 is 1.88 bits per heavy atom. The summed E-state index contributed by atoms with van der Waals surface area (Å²) >= 11 is 0. The van der Waals surface area contributed by atoms with Crippen LogP contribution in [0.4, 0.5) is 13.2 Å². The minimum atomic E-state index is -4.33. The molecule has 0 saturated carbocycles. The third-order valence-corrected chi connectivity index (χ3v) is 4.01. The molecule has 0 saturated heterocycles. The Kier molecular flexibility index (Phi) is 8.59. The van der Waals surface area contributed by atoms with Crippen molar-refractivity contribution in [3.63, 3.8) is 0 Å². The summed E-state index contributed by atoms with van der Waals surface area (Å²) in [5.74, 6) is 0. The maximum Gasteiger partial charge on any atom is 0.416 e. The van der Waals surface area contributed by atoms with Gasteiger partial charge in [-0.05, 0) is 24.5 Å². The molecule has 0 aromatic heterocycles. The standard InChI is InChI=1S/C20H29F3N2/c1-5-7-8-12-24-16(4)19(6-2)25-15(3)13-17-10-9-11-18(14-17)20(21,22)23/h9-11,14,19,24-25H,3-8,12-13H2,1-2H3. The molecule has 140 valence electrons. The highest BCUT2D eigenvalue weighted by molar-refractivity contribution is 5.28. The van der Waals surface area contributed by atoms with E-state index >= 15 is 0 Å². The zero-order valence-electron chi connectivity index (χ0n) is 15.2. The predicted molar refractivity (Wildman–Crippen MR) is 98.2 cm³/mol. The minimum Gasteiger partial charge on any atom is -0.387 e. The molecule has 0 radical (unpaired) electrons. The SMILES string of the molecule is C=C(Cc1cccc(C(F)(F)F)c1)NC(CC)C(=C)NCCCCC. The van der Waals surface area contributed by atoms with Gasteiger partial charge in [-0.1, -0.05) is 58.0 Å². The second-order valence-electron chi connectivity index (χ2n) is 6.24. The van der Waals surface area contributed by atoms with Gasteiger partial charge in [0.1, 0.15) is 0 Å². The maximum atomic E-state index is 12.8. The molecule has 5 heteroatoms. The molecule has 1 atom stereocenters. The van der Waals surface area contributed by atoms with Crippen molar-refractivity contribution >= 4 is 0 Å². The molecular weight excluding hydrogens is 325 g/mol. The topological polar surface area (TPSA) is 24.1 Å². The molecule has 25 heavy (non-hydrogen) atoms. The summed E-state index contributed by atoms with van der Waals surface area (Å²) in [7, 11) is 0. The van der Waals surface area contributed by atoms with Crippen LogP contribution >= 0.6 is 0 Å². The van der Waals surface area contributed by atoms with Crippen LogP contribution in [0.1, 0.15) is 50.7 Å². The lowest BCUT2D eigenvalue weighted by Gasteiger charge is -2.23. The van der Waals surface area contributed by atoms with Crippen LogP contribution in [0.25, 0.3) is 0 Å². The van der Waals surface area contributed by atoms with Crippen molar-refractivity contribution in [2.24, 2.45) is 0 Å². The van der Waals surface area contributed by atoms with Crippen LogP contribution in [-0.2, 0) is 12.6 Å². The number of nitrogens with one attached hydrogen (secondary N) is 2. The molecule has 0 aliphatic heterocycles. The van der Waals surface area contributed by atoms with E-state index in [1.165, 1.54) is 18.6 Å². The Morgan fingerprint density at radius 1 is 1.16 bits per heavy atom. The lowest BCUT2D eigenvalue weighted by molar-refractivity contribution is -0.137. The van der Waals surface area contributed by atoms with Crippen LogP contribution in [0.3, 0.4) is 0 Å². The maximum absolute atomic E-state index is 12.8.